The van der Waals surface area contributed by atoms with Crippen LogP contribution in [0.25, 0.3) is 33.4 Å². The Hall–Kier alpha value is -6.64. The largest absolute Gasteiger partial charge is 0.311 e. The minimum Gasteiger partial charge on any atom is -0.311 e. The number of hydrogen-bond donors (Lipinski definition) is 0. The second-order valence-corrected chi connectivity index (χ2v) is 17.2. The van der Waals surface area contributed by atoms with Crippen molar-refractivity contribution in [1.82, 2.24) is 0 Å². The number of nitrogens with zero attached hydrogens (tertiary/aromatic N) is 2. The van der Waals surface area contributed by atoms with Gasteiger partial charge in [0.2, 0.25) is 0 Å². The molecule has 2 atom stereocenters. The average molecular weight is 761 g/mol. The average Bonchev–Trinajstić information content (AvgIpc) is 3.74. The molecular weight excluding hydrogens is 713 g/mol. The van der Waals surface area contributed by atoms with Gasteiger partial charge in [0.25, 0.3) is 0 Å². The molecule has 0 heterocycles. The zero-order chi connectivity index (χ0) is 39.2. The minimum atomic E-state index is 0.453. The van der Waals surface area contributed by atoms with Crippen molar-refractivity contribution in [2.75, 3.05) is 9.80 Å². The molecule has 286 valence electrons. The highest BCUT2D eigenvalue weighted by atomic mass is 15.1. The van der Waals surface area contributed by atoms with E-state index in [1.807, 2.05) is 0 Å². The van der Waals surface area contributed by atoms with Crippen LogP contribution >= 0.6 is 0 Å². The molecule has 4 aliphatic carbocycles. The van der Waals surface area contributed by atoms with Crippen LogP contribution in [0.3, 0.4) is 0 Å². The highest BCUT2D eigenvalue weighted by molar-refractivity contribution is 5.82. The fourth-order valence-corrected chi connectivity index (χ4v) is 11.1. The van der Waals surface area contributed by atoms with E-state index in [1.54, 1.807) is 5.56 Å². The topological polar surface area (TPSA) is 6.48 Å². The van der Waals surface area contributed by atoms with Crippen molar-refractivity contribution in [2.24, 2.45) is 17.8 Å². The van der Waals surface area contributed by atoms with E-state index < -0.39 is 0 Å². The van der Waals surface area contributed by atoms with Crippen LogP contribution in [0.15, 0.2) is 212 Å². The standard InChI is InChI=1S/C57H48N2/c1-4-10-42(11-5-1)44-18-28-53(29-19-44)58(51-12-6-2-7-13-51)55-32-22-46(23-33-55)47-24-34-56(35-25-47)59(52-14-8-3-9-15-52)54-30-20-45(21-31-54)43-16-26-50(27-17-43)57-38-41-36-48(39-57)49(37-41)40-57/h1-35,41,48-49H,36-40H2. The third-order valence-corrected chi connectivity index (χ3v) is 13.7. The van der Waals surface area contributed by atoms with E-state index in [2.05, 4.69) is 222 Å². The van der Waals surface area contributed by atoms with E-state index in [9.17, 15) is 0 Å². The lowest BCUT2D eigenvalue weighted by atomic mass is 9.66. The molecule has 0 spiro atoms. The molecule has 2 nitrogen and oxygen atoms in total. The third-order valence-electron chi connectivity index (χ3n) is 13.7. The molecule has 12 rings (SSSR count). The van der Waals surface area contributed by atoms with Crippen LogP contribution in [0.1, 0.15) is 37.7 Å². The summed E-state index contributed by atoms with van der Waals surface area (Å²) < 4.78 is 0. The molecule has 0 N–H and O–H groups in total. The van der Waals surface area contributed by atoms with Gasteiger partial charge in [0.1, 0.15) is 0 Å². The molecule has 0 aliphatic heterocycles. The molecule has 0 radical (unpaired) electrons. The Morgan fingerprint density at radius 3 is 0.915 bits per heavy atom. The second-order valence-electron chi connectivity index (χ2n) is 17.2. The first-order valence-corrected chi connectivity index (χ1v) is 21.4. The van der Waals surface area contributed by atoms with E-state index >= 15 is 0 Å². The van der Waals surface area contributed by atoms with Crippen molar-refractivity contribution >= 4 is 34.1 Å². The predicted molar refractivity (Wildman–Crippen MR) is 247 cm³/mol. The summed E-state index contributed by atoms with van der Waals surface area (Å²) in [5, 5.41) is 0. The van der Waals surface area contributed by atoms with Gasteiger partial charge in [-0.25, -0.2) is 0 Å². The maximum atomic E-state index is 2.45. The fourth-order valence-electron chi connectivity index (χ4n) is 11.1. The van der Waals surface area contributed by atoms with Gasteiger partial charge in [-0.1, -0.05) is 140 Å². The van der Waals surface area contributed by atoms with Crippen LogP contribution in [-0.2, 0) is 5.41 Å². The Labute approximate surface area is 349 Å². The molecule has 8 aromatic rings. The molecule has 4 bridgehead atoms. The fraction of sp³-hybridized carbons (Fsp3) is 0.158. The second kappa shape index (κ2) is 14.9. The highest BCUT2D eigenvalue weighted by Gasteiger charge is 2.56. The lowest BCUT2D eigenvalue weighted by molar-refractivity contribution is 0.229. The summed E-state index contributed by atoms with van der Waals surface area (Å²) in [6.07, 6.45) is 7.25. The van der Waals surface area contributed by atoms with Crippen LogP contribution in [0.4, 0.5) is 34.1 Å². The van der Waals surface area contributed by atoms with Gasteiger partial charge in [0.15, 0.2) is 0 Å². The van der Waals surface area contributed by atoms with Gasteiger partial charge in [-0.15, -0.1) is 0 Å². The van der Waals surface area contributed by atoms with Crippen molar-refractivity contribution in [3.63, 3.8) is 0 Å². The van der Waals surface area contributed by atoms with Crippen LogP contribution in [0, 0.1) is 17.8 Å². The lowest BCUT2D eigenvalue weighted by Crippen LogP contribution is -2.31. The van der Waals surface area contributed by atoms with Gasteiger partial charge in [-0.3, -0.25) is 0 Å². The van der Waals surface area contributed by atoms with Gasteiger partial charge >= 0.3 is 0 Å². The van der Waals surface area contributed by atoms with E-state index in [-0.39, 0.29) is 0 Å². The van der Waals surface area contributed by atoms with Crippen molar-refractivity contribution in [3.05, 3.63) is 218 Å². The quantitative estimate of drug-likeness (QED) is 0.137. The Bertz CT molecular complexity index is 2630. The van der Waals surface area contributed by atoms with Crippen molar-refractivity contribution in [1.29, 1.82) is 0 Å². The normalized spacial score (nSPS) is 20.1. The Kier molecular flexibility index (Phi) is 9.00. The maximum absolute atomic E-state index is 2.45. The third kappa shape index (κ3) is 6.73. The van der Waals surface area contributed by atoms with Gasteiger partial charge in [0, 0.05) is 34.1 Å². The molecule has 59 heavy (non-hydrogen) atoms. The molecule has 2 unspecified atom stereocenters. The maximum Gasteiger partial charge on any atom is 0.0462 e. The summed E-state index contributed by atoms with van der Waals surface area (Å²) in [6.45, 7) is 0. The van der Waals surface area contributed by atoms with Gasteiger partial charge in [-0.2, -0.15) is 0 Å². The SMILES string of the molecule is c1ccc(-c2ccc(N(c3ccccc3)c3ccc(-c4ccc(N(c5ccccc5)c5ccc(-c6ccc(C78CC9CC(C7)C(C9)C8)cc6)cc5)cc4)cc3)cc2)cc1. The summed E-state index contributed by atoms with van der Waals surface area (Å²) >= 11 is 0. The smallest absolute Gasteiger partial charge is 0.0462 e. The number of para-hydroxylation sites is 2. The first kappa shape index (κ1) is 35.5. The first-order chi connectivity index (χ1) is 29.2. The van der Waals surface area contributed by atoms with E-state index in [0.29, 0.717) is 5.41 Å². The lowest BCUT2D eigenvalue weighted by Gasteiger charge is -2.39. The van der Waals surface area contributed by atoms with Crippen molar-refractivity contribution < 1.29 is 0 Å². The molecular formula is C57H48N2. The molecule has 8 aromatic carbocycles. The summed E-state index contributed by atoms with van der Waals surface area (Å²) in [5.41, 5.74) is 16.2. The molecule has 2 heteroatoms. The molecule has 4 saturated carbocycles. The molecule has 0 amide bonds. The minimum absolute atomic E-state index is 0.453. The summed E-state index contributed by atoms with van der Waals surface area (Å²) in [6, 6.07) is 77.4. The van der Waals surface area contributed by atoms with Crippen LogP contribution in [0.5, 0.6) is 0 Å². The molecule has 0 saturated heterocycles. The van der Waals surface area contributed by atoms with Crippen LogP contribution < -0.4 is 9.80 Å². The number of rotatable bonds is 10. The zero-order valence-corrected chi connectivity index (χ0v) is 33.4. The van der Waals surface area contributed by atoms with Gasteiger partial charge < -0.3 is 9.80 Å². The predicted octanol–water partition coefficient (Wildman–Crippen LogP) is 15.7. The number of anilines is 6. The van der Waals surface area contributed by atoms with E-state index in [1.165, 1.54) is 65.5 Å². The van der Waals surface area contributed by atoms with Gasteiger partial charge in [0.05, 0.1) is 0 Å². The summed E-state index contributed by atoms with van der Waals surface area (Å²) in [5.74, 6) is 2.95. The van der Waals surface area contributed by atoms with Crippen LogP contribution in [-0.4, -0.2) is 0 Å². The zero-order valence-electron chi connectivity index (χ0n) is 33.4. The van der Waals surface area contributed by atoms with Crippen molar-refractivity contribution in [2.45, 2.75) is 37.5 Å². The number of hydrogen-bond acceptors (Lipinski definition) is 2. The molecule has 4 aliphatic rings. The first-order valence-electron chi connectivity index (χ1n) is 21.4. The summed E-state index contributed by atoms with van der Waals surface area (Å²) in [7, 11) is 0. The summed E-state index contributed by atoms with van der Waals surface area (Å²) in [4.78, 5) is 4.67. The number of benzene rings is 8. The van der Waals surface area contributed by atoms with Gasteiger partial charge in [-0.05, 0) is 167 Å². The highest BCUT2D eigenvalue weighted by Crippen LogP contribution is 2.64. The molecule has 0 aromatic heterocycles. The van der Waals surface area contributed by atoms with Crippen molar-refractivity contribution in [3.8, 4) is 33.4 Å². The van der Waals surface area contributed by atoms with Crippen LogP contribution in [0.2, 0.25) is 0 Å². The van der Waals surface area contributed by atoms with E-state index in [4.69, 9.17) is 0 Å². The Morgan fingerprint density at radius 1 is 0.288 bits per heavy atom. The Balaban J connectivity index is 0.840. The molecule has 4 fully saturated rings. The Morgan fingerprint density at radius 2 is 0.576 bits per heavy atom. The monoisotopic (exact) mass is 760 g/mol. The van der Waals surface area contributed by atoms with E-state index in [0.717, 1.165) is 51.9 Å².